The summed E-state index contributed by atoms with van der Waals surface area (Å²) in [5.41, 5.74) is 11.2. The number of rotatable bonds is 2. The first-order valence-electron chi connectivity index (χ1n) is 5.73. The van der Waals surface area contributed by atoms with E-state index in [4.69, 9.17) is 11.5 Å². The average molecular weight is 252 g/mol. The Hall–Kier alpha value is -2.89. The molecule has 0 saturated carbocycles. The Kier molecular flexibility index (Phi) is 2.60. The molecule has 0 aliphatic carbocycles. The molecule has 0 fully saturated rings. The van der Waals surface area contributed by atoms with Gasteiger partial charge < -0.3 is 16.8 Å². The van der Waals surface area contributed by atoms with Crippen molar-refractivity contribution in [3.05, 3.63) is 42.6 Å². The molecule has 5 N–H and O–H groups in total. The summed E-state index contributed by atoms with van der Waals surface area (Å²) in [5.74, 6) is 1.67. The highest BCUT2D eigenvalue weighted by Crippen LogP contribution is 2.23. The maximum absolute atomic E-state index is 5.63. The van der Waals surface area contributed by atoms with Crippen LogP contribution in [0.3, 0.4) is 0 Å². The Morgan fingerprint density at radius 1 is 1.00 bits per heavy atom. The van der Waals surface area contributed by atoms with Gasteiger partial charge in [-0.05, 0) is 11.5 Å². The number of pyridine rings is 1. The van der Waals surface area contributed by atoms with Gasteiger partial charge in [0.2, 0.25) is 5.95 Å². The van der Waals surface area contributed by atoms with E-state index in [-0.39, 0.29) is 5.95 Å². The third kappa shape index (κ3) is 2.23. The molecule has 6 heteroatoms. The Balaban J connectivity index is 2.05. The fourth-order valence-electron chi connectivity index (χ4n) is 1.89. The second-order valence-electron chi connectivity index (χ2n) is 4.04. The minimum absolute atomic E-state index is 0.128. The molecule has 0 bridgehead atoms. The lowest BCUT2D eigenvalue weighted by Gasteiger charge is -2.08. The number of hydrogen-bond acceptors (Lipinski definition) is 6. The van der Waals surface area contributed by atoms with Crippen LogP contribution in [0, 0.1) is 0 Å². The van der Waals surface area contributed by atoms with Crippen LogP contribution in [0.4, 0.5) is 23.4 Å². The van der Waals surface area contributed by atoms with Crippen molar-refractivity contribution < 1.29 is 0 Å². The minimum atomic E-state index is 0.128. The zero-order chi connectivity index (χ0) is 13.2. The number of nitrogen functional groups attached to an aromatic ring is 2. The molecule has 0 radical (unpaired) electrons. The van der Waals surface area contributed by atoms with Crippen molar-refractivity contribution in [1.82, 2.24) is 15.0 Å². The van der Waals surface area contributed by atoms with Gasteiger partial charge in [0.05, 0.1) is 0 Å². The third-order valence-corrected chi connectivity index (χ3v) is 2.68. The zero-order valence-corrected chi connectivity index (χ0v) is 10.0. The third-order valence-electron chi connectivity index (χ3n) is 2.68. The quantitative estimate of drug-likeness (QED) is 0.644. The van der Waals surface area contributed by atoms with Crippen LogP contribution in [-0.2, 0) is 0 Å². The average Bonchev–Trinajstić information content (AvgIpc) is 2.38. The summed E-state index contributed by atoms with van der Waals surface area (Å²) in [4.78, 5) is 12.2. The molecule has 0 saturated heterocycles. The van der Waals surface area contributed by atoms with Gasteiger partial charge in [-0.15, -0.1) is 0 Å². The van der Waals surface area contributed by atoms with E-state index in [9.17, 15) is 0 Å². The number of benzene rings is 1. The molecule has 0 aliphatic rings. The number of nitrogens with two attached hydrogens (primary N) is 2. The second-order valence-corrected chi connectivity index (χ2v) is 4.04. The van der Waals surface area contributed by atoms with Crippen LogP contribution < -0.4 is 16.8 Å². The summed E-state index contributed by atoms with van der Waals surface area (Å²) in [7, 11) is 0. The fourth-order valence-corrected chi connectivity index (χ4v) is 1.89. The topological polar surface area (TPSA) is 103 Å². The van der Waals surface area contributed by atoms with E-state index in [0.29, 0.717) is 17.5 Å². The van der Waals surface area contributed by atoms with E-state index >= 15 is 0 Å². The standard InChI is InChI=1S/C13H12N6/c14-10-7-11(19-13(15)17-10)18-12-9-4-2-1-3-8(9)5-6-16-12/h1-7H,(H5,14,15,16,17,18,19). The molecule has 2 heterocycles. The Bertz CT molecular complexity index is 715. The number of hydrogen-bond donors (Lipinski definition) is 3. The van der Waals surface area contributed by atoms with Crippen LogP contribution in [0.25, 0.3) is 10.8 Å². The predicted octanol–water partition coefficient (Wildman–Crippen LogP) is 1.93. The minimum Gasteiger partial charge on any atom is -0.383 e. The molecule has 0 atom stereocenters. The number of fused-ring (bicyclic) bond motifs is 1. The van der Waals surface area contributed by atoms with E-state index in [1.54, 1.807) is 12.3 Å². The smallest absolute Gasteiger partial charge is 0.223 e. The molecule has 0 spiro atoms. The van der Waals surface area contributed by atoms with Crippen molar-refractivity contribution >= 4 is 34.2 Å². The monoisotopic (exact) mass is 252 g/mol. The normalized spacial score (nSPS) is 10.5. The van der Waals surface area contributed by atoms with Gasteiger partial charge >= 0.3 is 0 Å². The first-order chi connectivity index (χ1) is 9.22. The highest BCUT2D eigenvalue weighted by atomic mass is 15.1. The molecule has 0 aliphatic heterocycles. The van der Waals surface area contributed by atoms with E-state index in [0.717, 1.165) is 10.8 Å². The van der Waals surface area contributed by atoms with Crippen LogP contribution in [0.15, 0.2) is 42.6 Å². The maximum Gasteiger partial charge on any atom is 0.223 e. The molecule has 0 amide bonds. The van der Waals surface area contributed by atoms with Crippen LogP contribution >= 0.6 is 0 Å². The lowest BCUT2D eigenvalue weighted by molar-refractivity contribution is 1.18. The number of aromatic nitrogens is 3. The summed E-state index contributed by atoms with van der Waals surface area (Å²) >= 11 is 0. The van der Waals surface area contributed by atoms with Gasteiger partial charge in [-0.25, -0.2) is 4.98 Å². The summed E-state index contributed by atoms with van der Waals surface area (Å²) in [5, 5.41) is 5.20. The predicted molar refractivity (Wildman–Crippen MR) is 75.9 cm³/mol. The summed E-state index contributed by atoms with van der Waals surface area (Å²) in [6.07, 6.45) is 1.73. The van der Waals surface area contributed by atoms with Crippen LogP contribution in [0.1, 0.15) is 0 Å². The van der Waals surface area contributed by atoms with Crippen LogP contribution in [-0.4, -0.2) is 15.0 Å². The van der Waals surface area contributed by atoms with Crippen molar-refractivity contribution in [1.29, 1.82) is 0 Å². The SMILES string of the molecule is Nc1cc(Nc2nccc3ccccc23)nc(N)n1. The van der Waals surface area contributed by atoms with Gasteiger partial charge in [0, 0.05) is 17.6 Å². The number of nitrogens with zero attached hydrogens (tertiary/aromatic N) is 3. The molecular weight excluding hydrogens is 240 g/mol. The number of anilines is 4. The molecular formula is C13H12N6. The second kappa shape index (κ2) is 4.41. The molecule has 3 rings (SSSR count). The van der Waals surface area contributed by atoms with Crippen molar-refractivity contribution in [3.8, 4) is 0 Å². The van der Waals surface area contributed by atoms with Crippen LogP contribution in [0.2, 0.25) is 0 Å². The van der Waals surface area contributed by atoms with Crippen molar-refractivity contribution in [2.45, 2.75) is 0 Å². The van der Waals surface area contributed by atoms with Crippen LogP contribution in [0.5, 0.6) is 0 Å². The molecule has 2 aromatic heterocycles. The van der Waals surface area contributed by atoms with Crippen molar-refractivity contribution in [2.24, 2.45) is 0 Å². The first-order valence-corrected chi connectivity index (χ1v) is 5.73. The van der Waals surface area contributed by atoms with Gasteiger partial charge in [0.25, 0.3) is 0 Å². The molecule has 3 aromatic rings. The lowest BCUT2D eigenvalue weighted by atomic mass is 10.1. The van der Waals surface area contributed by atoms with Crippen molar-refractivity contribution in [3.63, 3.8) is 0 Å². The zero-order valence-electron chi connectivity index (χ0n) is 10.0. The fraction of sp³-hybridized carbons (Fsp3) is 0. The van der Waals surface area contributed by atoms with Gasteiger partial charge in [-0.2, -0.15) is 9.97 Å². The van der Waals surface area contributed by atoms with Gasteiger partial charge in [0.1, 0.15) is 17.5 Å². The number of nitrogens with one attached hydrogen (secondary N) is 1. The summed E-state index contributed by atoms with van der Waals surface area (Å²) < 4.78 is 0. The van der Waals surface area contributed by atoms with E-state index < -0.39 is 0 Å². The molecule has 94 valence electrons. The summed E-state index contributed by atoms with van der Waals surface area (Å²) in [6.45, 7) is 0. The molecule has 1 aromatic carbocycles. The largest absolute Gasteiger partial charge is 0.383 e. The van der Waals surface area contributed by atoms with Gasteiger partial charge in [0.15, 0.2) is 0 Å². The van der Waals surface area contributed by atoms with Gasteiger partial charge in [-0.3, -0.25) is 0 Å². The molecule has 0 unspecified atom stereocenters. The van der Waals surface area contributed by atoms with E-state index in [1.165, 1.54) is 0 Å². The Morgan fingerprint density at radius 3 is 2.68 bits per heavy atom. The summed E-state index contributed by atoms with van der Waals surface area (Å²) in [6, 6.07) is 11.5. The van der Waals surface area contributed by atoms with Crippen molar-refractivity contribution in [2.75, 3.05) is 16.8 Å². The highest BCUT2D eigenvalue weighted by Gasteiger charge is 2.04. The maximum atomic E-state index is 5.63. The lowest BCUT2D eigenvalue weighted by Crippen LogP contribution is -2.03. The Morgan fingerprint density at radius 2 is 1.84 bits per heavy atom. The highest BCUT2D eigenvalue weighted by molar-refractivity contribution is 5.92. The molecule has 19 heavy (non-hydrogen) atoms. The van der Waals surface area contributed by atoms with Gasteiger partial charge in [-0.1, -0.05) is 24.3 Å². The first kappa shape index (κ1) is 11.2. The van der Waals surface area contributed by atoms with E-state index in [2.05, 4.69) is 20.3 Å². The van der Waals surface area contributed by atoms with E-state index in [1.807, 2.05) is 30.3 Å². The molecule has 6 nitrogen and oxygen atoms in total. The Labute approximate surface area is 109 Å².